The quantitative estimate of drug-likeness (QED) is 0.554. The van der Waals surface area contributed by atoms with Crippen molar-refractivity contribution in [1.29, 1.82) is 0 Å². The van der Waals surface area contributed by atoms with E-state index in [0.717, 1.165) is 25.2 Å². The van der Waals surface area contributed by atoms with Crippen molar-refractivity contribution in [3.05, 3.63) is 11.6 Å². The van der Waals surface area contributed by atoms with E-state index in [4.69, 9.17) is 4.74 Å². The van der Waals surface area contributed by atoms with E-state index in [0.29, 0.717) is 29.3 Å². The van der Waals surface area contributed by atoms with Gasteiger partial charge in [-0.05, 0) is 0 Å². The summed E-state index contributed by atoms with van der Waals surface area (Å²) in [5.41, 5.74) is 2.08. The molecular formula is C21H32O2W. The van der Waals surface area contributed by atoms with Gasteiger partial charge in [-0.2, -0.15) is 0 Å². The van der Waals surface area contributed by atoms with Crippen LogP contribution in [0.25, 0.3) is 0 Å². The van der Waals surface area contributed by atoms with Crippen LogP contribution in [0.15, 0.2) is 11.6 Å². The van der Waals surface area contributed by atoms with E-state index < -0.39 is 0 Å². The molecule has 0 aromatic rings. The maximum absolute atomic E-state index is 11.3. The van der Waals surface area contributed by atoms with Gasteiger partial charge in [0.1, 0.15) is 0 Å². The van der Waals surface area contributed by atoms with Gasteiger partial charge in [0, 0.05) is 0 Å². The summed E-state index contributed by atoms with van der Waals surface area (Å²) < 4.78 is 7.40. The number of methoxy groups -OCH3 is 1. The predicted molar refractivity (Wildman–Crippen MR) is 93.4 cm³/mol. The van der Waals surface area contributed by atoms with Gasteiger partial charge < -0.3 is 0 Å². The first kappa shape index (κ1) is 17.6. The summed E-state index contributed by atoms with van der Waals surface area (Å²) in [5, 5.41) is 11.3. The van der Waals surface area contributed by atoms with Gasteiger partial charge in [-0.25, -0.2) is 0 Å². The Balaban J connectivity index is 1.76. The molecule has 7 unspecified atom stereocenters. The zero-order valence-corrected chi connectivity index (χ0v) is 18.5. The van der Waals surface area contributed by atoms with Crippen LogP contribution >= 0.6 is 0 Å². The maximum atomic E-state index is 11.3. The molecule has 0 aromatic heterocycles. The van der Waals surface area contributed by atoms with Crippen LogP contribution in [-0.2, 0) is 24.1 Å². The zero-order valence-electron chi connectivity index (χ0n) is 15.5. The number of aliphatic hydroxyl groups is 1. The van der Waals surface area contributed by atoms with Crippen LogP contribution in [0.4, 0.5) is 0 Å². The standard InChI is InChI=1S/C21H32O2.W/c1-13-10-14-11-15(23-4)7-9-21(14,3)19-17(22)12-20(2)8-5-6-16(20)18(13)19;/h10,13,15-19,22H,5-7,9,11-12H2,1-4H3;/t13?,15-,16?,17?,18?,19?,20?,21?;/m0./s1. The van der Waals surface area contributed by atoms with E-state index in [-0.39, 0.29) is 11.5 Å². The van der Waals surface area contributed by atoms with Gasteiger partial charge >= 0.3 is 158 Å². The van der Waals surface area contributed by atoms with Crippen LogP contribution in [0.5, 0.6) is 0 Å². The van der Waals surface area contributed by atoms with Gasteiger partial charge in [0.25, 0.3) is 0 Å². The Bertz CT molecular complexity index is 584. The van der Waals surface area contributed by atoms with Crippen molar-refractivity contribution < 1.29 is 29.2 Å². The number of rotatable bonds is 1. The molecule has 0 saturated heterocycles. The van der Waals surface area contributed by atoms with E-state index in [9.17, 15) is 5.11 Å². The summed E-state index contributed by atoms with van der Waals surface area (Å²) >= 11 is 1.66. The number of allylic oxidation sites excluding steroid dienone is 1. The Morgan fingerprint density at radius 1 is 1.25 bits per heavy atom. The molecule has 0 aromatic carbocycles. The molecule has 3 heteroatoms. The Morgan fingerprint density at radius 3 is 2.71 bits per heavy atom. The molecule has 4 aliphatic carbocycles. The summed E-state index contributed by atoms with van der Waals surface area (Å²) in [4.78, 5) is 0. The third-order valence-electron chi connectivity index (χ3n) is 8.37. The molecule has 0 heterocycles. The van der Waals surface area contributed by atoms with Crippen molar-refractivity contribution in [2.24, 2.45) is 34.5 Å². The van der Waals surface area contributed by atoms with Crippen molar-refractivity contribution in [1.82, 2.24) is 0 Å². The second-order valence-electron chi connectivity index (χ2n) is 9.43. The molecule has 2 nitrogen and oxygen atoms in total. The molecule has 3 saturated carbocycles. The topological polar surface area (TPSA) is 29.5 Å². The van der Waals surface area contributed by atoms with Crippen molar-refractivity contribution in [2.75, 3.05) is 7.11 Å². The number of fused-ring (bicyclic) bond motifs is 5. The summed E-state index contributed by atoms with van der Waals surface area (Å²) in [6.07, 6.45) is 9.89. The van der Waals surface area contributed by atoms with Gasteiger partial charge in [0.2, 0.25) is 0 Å². The van der Waals surface area contributed by atoms with E-state index in [1.165, 1.54) is 19.3 Å². The molecule has 0 amide bonds. The third-order valence-corrected chi connectivity index (χ3v) is 10.8. The monoisotopic (exact) mass is 500 g/mol. The number of ether oxygens (including phenoxy) is 1. The number of hydrogen-bond donors (Lipinski definition) is 1. The summed E-state index contributed by atoms with van der Waals surface area (Å²) in [6.45, 7) is 7.33. The fourth-order valence-corrected chi connectivity index (χ4v) is 8.33. The first-order chi connectivity index (χ1) is 11.3. The Morgan fingerprint density at radius 2 is 2.00 bits per heavy atom. The predicted octanol–water partition coefficient (Wildman–Crippen LogP) is 3.90. The molecule has 4 rings (SSSR count). The van der Waals surface area contributed by atoms with Gasteiger partial charge in [-0.1, -0.05) is 0 Å². The Labute approximate surface area is 157 Å². The Kier molecular flexibility index (Phi) is 4.30. The first-order valence-electron chi connectivity index (χ1n) is 9.76. The zero-order chi connectivity index (χ0) is 17.3. The average Bonchev–Trinajstić information content (AvgIpc) is 2.82. The van der Waals surface area contributed by atoms with Crippen molar-refractivity contribution in [3.8, 4) is 0 Å². The summed E-state index contributed by atoms with van der Waals surface area (Å²) in [6, 6.07) is 0. The Hall–Kier alpha value is 0.218. The van der Waals surface area contributed by atoms with E-state index >= 15 is 0 Å². The van der Waals surface area contributed by atoms with Crippen LogP contribution in [0, 0.1) is 34.5 Å². The minimum atomic E-state index is -0.140. The van der Waals surface area contributed by atoms with Gasteiger partial charge in [0.15, 0.2) is 0 Å². The molecule has 8 atom stereocenters. The van der Waals surface area contributed by atoms with Crippen LogP contribution in [0.2, 0.25) is 0 Å². The van der Waals surface area contributed by atoms with Crippen LogP contribution < -0.4 is 0 Å². The third kappa shape index (κ3) is 2.28. The fourth-order valence-electron chi connectivity index (χ4n) is 7.06. The van der Waals surface area contributed by atoms with E-state index in [1.807, 2.05) is 7.11 Å². The molecule has 0 radical (unpaired) electrons. The molecule has 4 aliphatic rings. The molecule has 0 bridgehead atoms. The molecule has 3 fully saturated rings. The van der Waals surface area contributed by atoms with Crippen LogP contribution in [0.1, 0.15) is 59.3 Å². The molecular weight excluding hydrogens is 468 g/mol. The molecule has 0 spiro atoms. The van der Waals surface area contributed by atoms with E-state index in [2.05, 4.69) is 26.8 Å². The number of hydrogen-bond acceptors (Lipinski definition) is 2. The van der Waals surface area contributed by atoms with Gasteiger partial charge in [0.05, 0.1) is 0 Å². The molecule has 24 heavy (non-hydrogen) atoms. The summed E-state index contributed by atoms with van der Waals surface area (Å²) in [7, 11) is 1.85. The van der Waals surface area contributed by atoms with Crippen LogP contribution in [0.3, 0.4) is 0 Å². The molecule has 134 valence electrons. The molecule has 0 aliphatic heterocycles. The average molecular weight is 500 g/mol. The second kappa shape index (κ2) is 5.86. The van der Waals surface area contributed by atoms with Gasteiger partial charge in [-0.15, -0.1) is 0 Å². The van der Waals surface area contributed by atoms with Gasteiger partial charge in [-0.3, -0.25) is 0 Å². The molecule has 1 N–H and O–H groups in total. The number of aliphatic hydroxyl groups excluding tert-OH is 1. The normalized spacial score (nSPS) is 53.9. The van der Waals surface area contributed by atoms with Crippen molar-refractivity contribution >= 4 is 3.90 Å². The van der Waals surface area contributed by atoms with Crippen molar-refractivity contribution in [3.63, 3.8) is 0 Å². The van der Waals surface area contributed by atoms with E-state index in [1.54, 1.807) is 28.8 Å². The minimum absolute atomic E-state index is 0.140. The van der Waals surface area contributed by atoms with Crippen molar-refractivity contribution in [2.45, 2.75) is 71.5 Å². The summed E-state index contributed by atoms with van der Waals surface area (Å²) in [5.74, 6) is 2.48. The van der Waals surface area contributed by atoms with Crippen LogP contribution in [-0.4, -0.2) is 28.3 Å². The second-order valence-corrected chi connectivity index (χ2v) is 11.2. The SMILES string of the molecule is CO[C@H]1CCC2(C)C(=CC(C)C3C4CC[C](=[W])C4(C)CC(O)C32)C1. The fraction of sp³-hybridized carbons (Fsp3) is 0.857. The first-order valence-corrected chi connectivity index (χ1v) is 11.2.